The smallest absolute Gasteiger partial charge is 0.358 e. The summed E-state index contributed by atoms with van der Waals surface area (Å²) >= 11 is 0. The molecule has 0 aromatic carbocycles. The predicted molar refractivity (Wildman–Crippen MR) is 70.2 cm³/mol. The standard InChI is InChI=1S/C12H27O4P/c1-4-7-10-15-17(14,12(13)9-6-3)16-11-8-5-2/h12-13H,4-11H2,1-3H3. The van der Waals surface area contributed by atoms with Crippen LogP contribution in [0.3, 0.4) is 0 Å². The van der Waals surface area contributed by atoms with E-state index in [1.807, 2.05) is 20.8 Å². The van der Waals surface area contributed by atoms with Crippen LogP contribution in [0, 0.1) is 0 Å². The molecule has 0 aliphatic rings. The molecule has 0 radical (unpaired) electrons. The van der Waals surface area contributed by atoms with Crippen molar-refractivity contribution in [3.63, 3.8) is 0 Å². The molecule has 5 heteroatoms. The largest absolute Gasteiger partial charge is 0.380 e. The highest BCUT2D eigenvalue weighted by Crippen LogP contribution is 2.53. The fraction of sp³-hybridized carbons (Fsp3) is 1.00. The summed E-state index contributed by atoms with van der Waals surface area (Å²) in [7, 11) is -3.33. The van der Waals surface area contributed by atoms with E-state index in [9.17, 15) is 9.67 Å². The van der Waals surface area contributed by atoms with Gasteiger partial charge in [-0.1, -0.05) is 40.0 Å². The molecule has 1 unspecified atom stereocenters. The van der Waals surface area contributed by atoms with E-state index in [2.05, 4.69) is 0 Å². The molecule has 0 fully saturated rings. The van der Waals surface area contributed by atoms with E-state index >= 15 is 0 Å². The Bertz CT molecular complexity index is 207. The molecule has 104 valence electrons. The first-order chi connectivity index (χ1) is 8.10. The summed E-state index contributed by atoms with van der Waals surface area (Å²) in [5.41, 5.74) is 0. The molecule has 0 heterocycles. The van der Waals surface area contributed by atoms with Crippen molar-refractivity contribution in [3.05, 3.63) is 0 Å². The quantitative estimate of drug-likeness (QED) is 0.454. The Hall–Kier alpha value is 0.110. The number of unbranched alkanes of at least 4 members (excludes halogenated alkanes) is 2. The summed E-state index contributed by atoms with van der Waals surface area (Å²) in [6.45, 7) is 6.79. The Morgan fingerprint density at radius 1 is 1.00 bits per heavy atom. The summed E-state index contributed by atoms with van der Waals surface area (Å²) in [5.74, 6) is -0.985. The maximum absolute atomic E-state index is 12.4. The number of aliphatic hydroxyl groups excluding tert-OH is 1. The van der Waals surface area contributed by atoms with Crippen LogP contribution in [0.2, 0.25) is 0 Å². The first-order valence-electron chi connectivity index (χ1n) is 6.67. The molecule has 1 atom stereocenters. The van der Waals surface area contributed by atoms with Crippen LogP contribution >= 0.6 is 7.60 Å². The highest BCUT2D eigenvalue weighted by molar-refractivity contribution is 7.54. The zero-order valence-corrected chi connectivity index (χ0v) is 12.2. The van der Waals surface area contributed by atoms with Gasteiger partial charge in [0.1, 0.15) is 0 Å². The predicted octanol–water partition coefficient (Wildman–Crippen LogP) is 3.93. The average molecular weight is 266 g/mol. The van der Waals surface area contributed by atoms with Crippen LogP contribution in [-0.2, 0) is 13.6 Å². The van der Waals surface area contributed by atoms with Crippen LogP contribution in [0.1, 0.15) is 59.3 Å². The van der Waals surface area contributed by atoms with Gasteiger partial charge in [-0.15, -0.1) is 0 Å². The van der Waals surface area contributed by atoms with E-state index in [4.69, 9.17) is 9.05 Å². The van der Waals surface area contributed by atoms with E-state index < -0.39 is 13.4 Å². The van der Waals surface area contributed by atoms with Gasteiger partial charge in [-0.3, -0.25) is 4.57 Å². The first kappa shape index (κ1) is 17.1. The Kier molecular flexibility index (Phi) is 10.1. The van der Waals surface area contributed by atoms with Gasteiger partial charge in [-0.05, 0) is 19.3 Å². The van der Waals surface area contributed by atoms with Crippen LogP contribution < -0.4 is 0 Å². The molecule has 0 amide bonds. The molecule has 0 saturated carbocycles. The lowest BCUT2D eigenvalue weighted by Crippen LogP contribution is -2.13. The number of rotatable bonds is 11. The molecule has 0 aliphatic carbocycles. The maximum atomic E-state index is 12.4. The average Bonchev–Trinajstić information content (AvgIpc) is 2.30. The normalized spacial score (nSPS) is 13.9. The first-order valence-corrected chi connectivity index (χ1v) is 8.28. The number of hydrogen-bond acceptors (Lipinski definition) is 4. The van der Waals surface area contributed by atoms with Crippen LogP contribution in [0.25, 0.3) is 0 Å². The highest BCUT2D eigenvalue weighted by Gasteiger charge is 2.33. The van der Waals surface area contributed by atoms with Crippen molar-refractivity contribution in [2.24, 2.45) is 0 Å². The van der Waals surface area contributed by atoms with Crippen LogP contribution in [0.15, 0.2) is 0 Å². The molecule has 0 rings (SSSR count). The van der Waals surface area contributed by atoms with Gasteiger partial charge in [0.2, 0.25) is 0 Å². The van der Waals surface area contributed by atoms with E-state index in [0.29, 0.717) is 19.6 Å². The fourth-order valence-electron chi connectivity index (χ4n) is 1.30. The third-order valence-electron chi connectivity index (χ3n) is 2.45. The van der Waals surface area contributed by atoms with Crippen LogP contribution in [0.4, 0.5) is 0 Å². The van der Waals surface area contributed by atoms with Crippen molar-refractivity contribution in [1.82, 2.24) is 0 Å². The monoisotopic (exact) mass is 266 g/mol. The molecule has 0 aromatic rings. The molecule has 0 aromatic heterocycles. The van der Waals surface area contributed by atoms with Crippen LogP contribution in [0.5, 0.6) is 0 Å². The Morgan fingerprint density at radius 3 is 1.82 bits per heavy atom. The lowest BCUT2D eigenvalue weighted by molar-refractivity contribution is 0.134. The maximum Gasteiger partial charge on any atom is 0.358 e. The second kappa shape index (κ2) is 10.1. The molecule has 17 heavy (non-hydrogen) atoms. The van der Waals surface area contributed by atoms with Gasteiger partial charge in [-0.2, -0.15) is 0 Å². The van der Waals surface area contributed by atoms with Gasteiger partial charge in [0, 0.05) is 0 Å². The van der Waals surface area contributed by atoms with Crippen molar-refractivity contribution in [1.29, 1.82) is 0 Å². The topological polar surface area (TPSA) is 55.8 Å². The second-order valence-corrected chi connectivity index (χ2v) is 6.37. The van der Waals surface area contributed by atoms with Crippen molar-refractivity contribution < 1.29 is 18.7 Å². The summed E-state index contributed by atoms with van der Waals surface area (Å²) in [4.78, 5) is 0. The fourth-order valence-corrected chi connectivity index (χ4v) is 3.06. The van der Waals surface area contributed by atoms with Crippen LogP contribution in [-0.4, -0.2) is 24.2 Å². The third-order valence-corrected chi connectivity index (χ3v) is 4.52. The minimum absolute atomic E-state index is 0.390. The molecular weight excluding hydrogens is 239 g/mol. The van der Waals surface area contributed by atoms with Gasteiger partial charge in [-0.25, -0.2) is 0 Å². The van der Waals surface area contributed by atoms with Crippen molar-refractivity contribution in [2.75, 3.05) is 13.2 Å². The lowest BCUT2D eigenvalue weighted by atomic mass is 10.4. The van der Waals surface area contributed by atoms with Gasteiger partial charge >= 0.3 is 7.60 Å². The van der Waals surface area contributed by atoms with E-state index in [1.54, 1.807) is 0 Å². The Labute approximate surface area is 105 Å². The minimum Gasteiger partial charge on any atom is -0.380 e. The SMILES string of the molecule is CCCCOP(=O)(OCCCC)C(O)CCC. The zero-order valence-electron chi connectivity index (χ0n) is 11.4. The number of aliphatic hydroxyl groups is 1. The van der Waals surface area contributed by atoms with E-state index in [0.717, 1.165) is 32.1 Å². The highest BCUT2D eigenvalue weighted by atomic mass is 31.2. The summed E-state index contributed by atoms with van der Waals surface area (Å²) in [5, 5.41) is 9.85. The molecule has 1 N–H and O–H groups in total. The summed E-state index contributed by atoms with van der Waals surface area (Å²) < 4.78 is 23.0. The van der Waals surface area contributed by atoms with Crippen molar-refractivity contribution in [2.45, 2.75) is 65.1 Å². The third kappa shape index (κ3) is 7.20. The summed E-state index contributed by atoms with van der Waals surface area (Å²) in [6.07, 6.45) is 4.83. The Morgan fingerprint density at radius 2 is 1.47 bits per heavy atom. The second-order valence-electron chi connectivity index (χ2n) is 4.18. The molecule has 0 aliphatic heterocycles. The van der Waals surface area contributed by atoms with Gasteiger partial charge in [0.05, 0.1) is 13.2 Å². The van der Waals surface area contributed by atoms with Crippen molar-refractivity contribution in [3.8, 4) is 0 Å². The molecular formula is C12H27O4P. The number of hydrogen-bond donors (Lipinski definition) is 1. The minimum atomic E-state index is -3.33. The zero-order chi connectivity index (χ0) is 13.1. The van der Waals surface area contributed by atoms with Crippen molar-refractivity contribution >= 4 is 7.60 Å². The molecule has 4 nitrogen and oxygen atoms in total. The lowest BCUT2D eigenvalue weighted by Gasteiger charge is -2.23. The van der Waals surface area contributed by atoms with Gasteiger partial charge < -0.3 is 14.2 Å². The molecule has 0 bridgehead atoms. The summed E-state index contributed by atoms with van der Waals surface area (Å²) in [6, 6.07) is 0. The Balaban J connectivity index is 4.28. The van der Waals surface area contributed by atoms with Gasteiger partial charge in [0.25, 0.3) is 0 Å². The van der Waals surface area contributed by atoms with Gasteiger partial charge in [0.15, 0.2) is 5.85 Å². The van der Waals surface area contributed by atoms with E-state index in [-0.39, 0.29) is 0 Å². The molecule has 0 spiro atoms. The molecule has 0 saturated heterocycles. The van der Waals surface area contributed by atoms with E-state index in [1.165, 1.54) is 0 Å².